The molecule has 2 aromatic carbocycles. The van der Waals surface area contributed by atoms with Gasteiger partial charge in [-0.05, 0) is 56.0 Å². The number of hydrogen-bond acceptors (Lipinski definition) is 3. The normalized spacial score (nSPS) is 10.2. The van der Waals surface area contributed by atoms with Crippen molar-refractivity contribution >= 4 is 5.91 Å². The van der Waals surface area contributed by atoms with Crippen LogP contribution in [0.15, 0.2) is 48.5 Å². The van der Waals surface area contributed by atoms with Crippen LogP contribution in [0.4, 0.5) is 0 Å². The lowest BCUT2D eigenvalue weighted by atomic mass is 10.1. The molecular formula is C20H25NO3. The van der Waals surface area contributed by atoms with Crippen molar-refractivity contribution in [3.63, 3.8) is 0 Å². The van der Waals surface area contributed by atoms with Crippen molar-refractivity contribution < 1.29 is 14.3 Å². The van der Waals surface area contributed by atoms with Gasteiger partial charge in [0.2, 0.25) is 0 Å². The van der Waals surface area contributed by atoms with Crippen molar-refractivity contribution in [1.29, 1.82) is 0 Å². The Hall–Kier alpha value is -2.49. The summed E-state index contributed by atoms with van der Waals surface area (Å²) >= 11 is 0. The molecule has 24 heavy (non-hydrogen) atoms. The minimum Gasteiger partial charge on any atom is -0.494 e. The third-order valence-electron chi connectivity index (χ3n) is 3.65. The van der Waals surface area contributed by atoms with E-state index in [1.807, 2.05) is 50.2 Å². The Labute approximate surface area is 143 Å². The molecular weight excluding hydrogens is 302 g/mol. The standard InChI is InChI=1S/C20H25NO3/c1-3-23-18-12-10-17(11-13-18)8-6-14-21-20(22)15-24-19-9-5-4-7-16(19)2/h4-5,7,9-13H,3,6,8,14-15H2,1-2H3,(H,21,22). The summed E-state index contributed by atoms with van der Waals surface area (Å²) in [6.07, 6.45) is 1.81. The van der Waals surface area contributed by atoms with Crippen molar-refractivity contribution in [3.05, 3.63) is 59.7 Å². The van der Waals surface area contributed by atoms with Crippen molar-refractivity contribution in [2.75, 3.05) is 19.8 Å². The van der Waals surface area contributed by atoms with E-state index in [2.05, 4.69) is 17.4 Å². The number of carbonyl (C=O) groups excluding carboxylic acids is 1. The van der Waals surface area contributed by atoms with Gasteiger partial charge in [-0.2, -0.15) is 0 Å². The van der Waals surface area contributed by atoms with Gasteiger partial charge < -0.3 is 14.8 Å². The molecule has 0 aliphatic rings. The topological polar surface area (TPSA) is 47.6 Å². The molecule has 0 spiro atoms. The van der Waals surface area contributed by atoms with Crippen LogP contribution in [0.1, 0.15) is 24.5 Å². The third kappa shape index (κ3) is 5.95. The summed E-state index contributed by atoms with van der Waals surface area (Å²) in [5, 5.41) is 2.89. The van der Waals surface area contributed by atoms with Crippen LogP contribution in [0.3, 0.4) is 0 Å². The van der Waals surface area contributed by atoms with E-state index in [0.717, 1.165) is 29.9 Å². The van der Waals surface area contributed by atoms with Crippen LogP contribution in [0.2, 0.25) is 0 Å². The van der Waals surface area contributed by atoms with E-state index in [-0.39, 0.29) is 12.5 Å². The summed E-state index contributed by atoms with van der Waals surface area (Å²) in [4.78, 5) is 11.8. The molecule has 0 aliphatic heterocycles. The Morgan fingerprint density at radius 2 is 1.79 bits per heavy atom. The fraction of sp³-hybridized carbons (Fsp3) is 0.350. The van der Waals surface area contributed by atoms with Gasteiger partial charge in [0.1, 0.15) is 11.5 Å². The average Bonchev–Trinajstić information content (AvgIpc) is 2.60. The maximum absolute atomic E-state index is 11.8. The van der Waals surface area contributed by atoms with E-state index in [1.54, 1.807) is 0 Å². The lowest BCUT2D eigenvalue weighted by molar-refractivity contribution is -0.123. The van der Waals surface area contributed by atoms with Crippen molar-refractivity contribution in [2.24, 2.45) is 0 Å². The number of hydrogen-bond donors (Lipinski definition) is 1. The summed E-state index contributed by atoms with van der Waals surface area (Å²) in [5.41, 5.74) is 2.27. The van der Waals surface area contributed by atoms with Gasteiger partial charge in [0, 0.05) is 6.54 Å². The van der Waals surface area contributed by atoms with Gasteiger partial charge >= 0.3 is 0 Å². The third-order valence-corrected chi connectivity index (χ3v) is 3.65. The van der Waals surface area contributed by atoms with Crippen LogP contribution in [-0.2, 0) is 11.2 Å². The highest BCUT2D eigenvalue weighted by Gasteiger charge is 2.04. The van der Waals surface area contributed by atoms with Gasteiger partial charge in [0.25, 0.3) is 5.91 Å². The minimum atomic E-state index is -0.0926. The van der Waals surface area contributed by atoms with Gasteiger partial charge in [-0.3, -0.25) is 4.79 Å². The first kappa shape index (κ1) is 17.9. The zero-order chi connectivity index (χ0) is 17.2. The highest BCUT2D eigenvalue weighted by atomic mass is 16.5. The van der Waals surface area contributed by atoms with Gasteiger partial charge in [-0.25, -0.2) is 0 Å². The van der Waals surface area contributed by atoms with Crippen LogP contribution >= 0.6 is 0 Å². The number of nitrogens with one attached hydrogen (secondary N) is 1. The number of para-hydroxylation sites is 1. The summed E-state index contributed by atoms with van der Waals surface area (Å²) in [5.74, 6) is 1.55. The molecule has 2 rings (SSSR count). The molecule has 0 aliphatic carbocycles. The Balaban J connectivity index is 1.63. The van der Waals surface area contributed by atoms with E-state index >= 15 is 0 Å². The number of carbonyl (C=O) groups is 1. The number of amides is 1. The zero-order valence-corrected chi connectivity index (χ0v) is 14.4. The van der Waals surface area contributed by atoms with Crippen LogP contribution in [0.25, 0.3) is 0 Å². The van der Waals surface area contributed by atoms with Crippen molar-refractivity contribution in [1.82, 2.24) is 5.32 Å². The SMILES string of the molecule is CCOc1ccc(CCCNC(=O)COc2ccccc2C)cc1. The predicted octanol–water partition coefficient (Wildman–Crippen LogP) is 3.52. The molecule has 0 heterocycles. The molecule has 1 N–H and O–H groups in total. The van der Waals surface area contributed by atoms with Crippen LogP contribution in [-0.4, -0.2) is 25.7 Å². The predicted molar refractivity (Wildman–Crippen MR) is 95.6 cm³/mol. The number of benzene rings is 2. The fourth-order valence-electron chi connectivity index (χ4n) is 2.35. The molecule has 0 atom stereocenters. The quantitative estimate of drug-likeness (QED) is 0.717. The molecule has 2 aromatic rings. The smallest absolute Gasteiger partial charge is 0.257 e. The van der Waals surface area contributed by atoms with Gasteiger partial charge in [-0.15, -0.1) is 0 Å². The first-order chi connectivity index (χ1) is 11.7. The molecule has 0 saturated heterocycles. The Bertz CT molecular complexity index is 638. The second kappa shape index (κ2) is 9.60. The van der Waals surface area contributed by atoms with Crippen LogP contribution in [0.5, 0.6) is 11.5 Å². The summed E-state index contributed by atoms with van der Waals surface area (Å²) in [6, 6.07) is 15.8. The van der Waals surface area contributed by atoms with Crippen LogP contribution in [0, 0.1) is 6.92 Å². The molecule has 0 unspecified atom stereocenters. The van der Waals surface area contributed by atoms with E-state index in [0.29, 0.717) is 13.2 Å². The monoisotopic (exact) mass is 327 g/mol. The summed E-state index contributed by atoms with van der Waals surface area (Å²) < 4.78 is 10.9. The molecule has 0 radical (unpaired) electrons. The molecule has 0 fully saturated rings. The minimum absolute atomic E-state index is 0.0495. The largest absolute Gasteiger partial charge is 0.494 e. The summed E-state index contributed by atoms with van der Waals surface area (Å²) in [6.45, 7) is 5.30. The lowest BCUT2D eigenvalue weighted by Gasteiger charge is -2.09. The molecule has 0 saturated carbocycles. The number of aryl methyl sites for hydroxylation is 2. The molecule has 0 bridgehead atoms. The Morgan fingerprint density at radius 3 is 2.50 bits per heavy atom. The van der Waals surface area contributed by atoms with Gasteiger partial charge in [0.05, 0.1) is 6.61 Å². The Kier molecular flexibility index (Phi) is 7.15. The highest BCUT2D eigenvalue weighted by Crippen LogP contribution is 2.16. The lowest BCUT2D eigenvalue weighted by Crippen LogP contribution is -2.30. The molecule has 4 heteroatoms. The van der Waals surface area contributed by atoms with Crippen molar-refractivity contribution in [2.45, 2.75) is 26.7 Å². The van der Waals surface area contributed by atoms with E-state index in [1.165, 1.54) is 5.56 Å². The maximum Gasteiger partial charge on any atom is 0.257 e. The number of rotatable bonds is 9. The van der Waals surface area contributed by atoms with E-state index in [4.69, 9.17) is 9.47 Å². The molecule has 4 nitrogen and oxygen atoms in total. The first-order valence-electron chi connectivity index (χ1n) is 8.36. The zero-order valence-electron chi connectivity index (χ0n) is 14.4. The Morgan fingerprint density at radius 1 is 1.04 bits per heavy atom. The molecule has 0 aromatic heterocycles. The summed E-state index contributed by atoms with van der Waals surface area (Å²) in [7, 11) is 0. The van der Waals surface area contributed by atoms with E-state index in [9.17, 15) is 4.79 Å². The van der Waals surface area contributed by atoms with Gasteiger partial charge in [0.15, 0.2) is 6.61 Å². The second-order valence-electron chi connectivity index (χ2n) is 5.58. The maximum atomic E-state index is 11.8. The second-order valence-corrected chi connectivity index (χ2v) is 5.58. The van der Waals surface area contributed by atoms with Crippen molar-refractivity contribution in [3.8, 4) is 11.5 Å². The number of ether oxygens (including phenoxy) is 2. The first-order valence-corrected chi connectivity index (χ1v) is 8.36. The van der Waals surface area contributed by atoms with Crippen LogP contribution < -0.4 is 14.8 Å². The molecule has 128 valence electrons. The van der Waals surface area contributed by atoms with E-state index < -0.39 is 0 Å². The van der Waals surface area contributed by atoms with Gasteiger partial charge in [-0.1, -0.05) is 30.3 Å². The average molecular weight is 327 g/mol. The fourth-order valence-corrected chi connectivity index (χ4v) is 2.35. The molecule has 1 amide bonds. The highest BCUT2D eigenvalue weighted by molar-refractivity contribution is 5.77.